The van der Waals surface area contributed by atoms with E-state index >= 15 is 0 Å². The van der Waals surface area contributed by atoms with E-state index in [0.717, 1.165) is 25.5 Å². The number of amides is 1. The van der Waals surface area contributed by atoms with Gasteiger partial charge in [0.15, 0.2) is 0 Å². The van der Waals surface area contributed by atoms with Crippen molar-refractivity contribution in [3.8, 4) is 0 Å². The maximum atomic E-state index is 11.6. The van der Waals surface area contributed by atoms with Gasteiger partial charge in [-0.3, -0.25) is 4.79 Å². The van der Waals surface area contributed by atoms with Crippen LogP contribution in [0.25, 0.3) is 0 Å². The highest BCUT2D eigenvalue weighted by molar-refractivity contribution is 5.97. The predicted molar refractivity (Wildman–Crippen MR) is 59.3 cm³/mol. The zero-order valence-corrected chi connectivity index (χ0v) is 9.08. The highest BCUT2D eigenvalue weighted by Crippen LogP contribution is 2.24. The molecule has 1 aliphatic rings. The number of nitrogens with one attached hydrogen (secondary N) is 1. The Morgan fingerprint density at radius 2 is 2.07 bits per heavy atom. The molecular formula is C12H17NO2. The monoisotopic (exact) mass is 207 g/mol. The van der Waals surface area contributed by atoms with E-state index in [-0.39, 0.29) is 17.9 Å². The standard InChI is InChI=1S/C12H17NO2/c1-8(2)9(3)12(15)13-11-6-4-5-10(11)7-14/h7,10-11H,1,3-6H2,2H3,(H,13,15). The molecule has 0 spiro atoms. The lowest BCUT2D eigenvalue weighted by Crippen LogP contribution is -2.38. The second kappa shape index (κ2) is 4.91. The molecule has 3 nitrogen and oxygen atoms in total. The van der Waals surface area contributed by atoms with Crippen LogP contribution >= 0.6 is 0 Å². The van der Waals surface area contributed by atoms with Crippen LogP contribution in [-0.4, -0.2) is 18.2 Å². The minimum Gasteiger partial charge on any atom is -0.349 e. The van der Waals surface area contributed by atoms with Gasteiger partial charge in [-0.1, -0.05) is 19.6 Å². The fraction of sp³-hybridized carbons (Fsp3) is 0.500. The van der Waals surface area contributed by atoms with Gasteiger partial charge in [0.05, 0.1) is 0 Å². The summed E-state index contributed by atoms with van der Waals surface area (Å²) < 4.78 is 0. The van der Waals surface area contributed by atoms with Crippen LogP contribution in [0.4, 0.5) is 0 Å². The van der Waals surface area contributed by atoms with Crippen LogP contribution in [0.1, 0.15) is 26.2 Å². The van der Waals surface area contributed by atoms with Crippen molar-refractivity contribution in [2.24, 2.45) is 5.92 Å². The SMILES string of the molecule is C=C(C)C(=C)C(=O)NC1CCCC1C=O. The van der Waals surface area contributed by atoms with Gasteiger partial charge in [-0.15, -0.1) is 0 Å². The molecule has 0 saturated heterocycles. The average molecular weight is 207 g/mol. The number of carbonyl (C=O) groups excluding carboxylic acids is 2. The van der Waals surface area contributed by atoms with Crippen LogP contribution in [0.2, 0.25) is 0 Å². The third kappa shape index (κ3) is 2.78. The van der Waals surface area contributed by atoms with Gasteiger partial charge >= 0.3 is 0 Å². The summed E-state index contributed by atoms with van der Waals surface area (Å²) in [5.41, 5.74) is 1.06. The van der Waals surface area contributed by atoms with Gasteiger partial charge in [-0.25, -0.2) is 0 Å². The molecule has 1 N–H and O–H groups in total. The zero-order chi connectivity index (χ0) is 11.4. The van der Waals surface area contributed by atoms with Crippen molar-refractivity contribution in [1.82, 2.24) is 5.32 Å². The van der Waals surface area contributed by atoms with Gasteiger partial charge in [-0.2, -0.15) is 0 Å². The summed E-state index contributed by atoms with van der Waals surface area (Å²) in [7, 11) is 0. The molecule has 1 saturated carbocycles. The summed E-state index contributed by atoms with van der Waals surface area (Å²) in [6, 6.07) is -0.0221. The van der Waals surface area contributed by atoms with Gasteiger partial charge in [0, 0.05) is 17.5 Å². The molecule has 2 atom stereocenters. The number of aldehydes is 1. The van der Waals surface area contributed by atoms with E-state index in [1.54, 1.807) is 6.92 Å². The smallest absolute Gasteiger partial charge is 0.251 e. The summed E-state index contributed by atoms with van der Waals surface area (Å²) in [4.78, 5) is 22.3. The van der Waals surface area contributed by atoms with Crippen LogP contribution in [0.3, 0.4) is 0 Å². The van der Waals surface area contributed by atoms with E-state index in [2.05, 4.69) is 18.5 Å². The summed E-state index contributed by atoms with van der Waals surface area (Å²) in [6.07, 6.45) is 3.67. The molecule has 2 unspecified atom stereocenters. The molecule has 1 aliphatic carbocycles. The van der Waals surface area contributed by atoms with Crippen molar-refractivity contribution < 1.29 is 9.59 Å². The summed E-state index contributed by atoms with van der Waals surface area (Å²) in [5, 5.41) is 2.83. The summed E-state index contributed by atoms with van der Waals surface area (Å²) in [6.45, 7) is 9.05. The molecular weight excluding hydrogens is 190 g/mol. The molecule has 1 amide bonds. The zero-order valence-electron chi connectivity index (χ0n) is 9.08. The summed E-state index contributed by atoms with van der Waals surface area (Å²) >= 11 is 0. The largest absolute Gasteiger partial charge is 0.349 e. The molecule has 0 aliphatic heterocycles. The third-order valence-corrected chi connectivity index (χ3v) is 2.85. The molecule has 0 radical (unpaired) electrons. The molecule has 1 fully saturated rings. The van der Waals surface area contributed by atoms with Gasteiger partial charge in [0.2, 0.25) is 0 Å². The lowest BCUT2D eigenvalue weighted by Gasteiger charge is -2.17. The number of rotatable bonds is 4. The van der Waals surface area contributed by atoms with Gasteiger partial charge < -0.3 is 10.1 Å². The molecule has 1 rings (SSSR count). The van der Waals surface area contributed by atoms with Crippen molar-refractivity contribution in [2.75, 3.05) is 0 Å². The van der Waals surface area contributed by atoms with Gasteiger partial charge in [-0.05, 0) is 25.3 Å². The van der Waals surface area contributed by atoms with Crippen molar-refractivity contribution in [3.05, 3.63) is 24.3 Å². The molecule has 15 heavy (non-hydrogen) atoms. The van der Waals surface area contributed by atoms with Crippen LogP contribution < -0.4 is 5.32 Å². The second-order valence-electron chi connectivity index (χ2n) is 4.07. The van der Waals surface area contributed by atoms with E-state index in [4.69, 9.17) is 0 Å². The molecule has 3 heteroatoms. The van der Waals surface area contributed by atoms with Gasteiger partial charge in [0.25, 0.3) is 5.91 Å². The highest BCUT2D eigenvalue weighted by Gasteiger charge is 2.28. The Hall–Kier alpha value is -1.38. The molecule has 0 aromatic carbocycles. The second-order valence-corrected chi connectivity index (χ2v) is 4.07. The first-order chi connectivity index (χ1) is 7.06. The lowest BCUT2D eigenvalue weighted by molar-refractivity contribution is -0.118. The first kappa shape index (κ1) is 11.7. The van der Waals surface area contributed by atoms with Crippen LogP contribution in [0, 0.1) is 5.92 Å². The number of hydrogen-bond donors (Lipinski definition) is 1. The Morgan fingerprint density at radius 3 is 2.60 bits per heavy atom. The van der Waals surface area contributed by atoms with Crippen molar-refractivity contribution in [1.29, 1.82) is 0 Å². The predicted octanol–water partition coefficient (Wildman–Crippen LogP) is 1.60. The first-order valence-electron chi connectivity index (χ1n) is 5.17. The number of carbonyl (C=O) groups is 2. The molecule has 0 bridgehead atoms. The normalized spacial score (nSPS) is 24.6. The number of hydrogen-bond acceptors (Lipinski definition) is 2. The fourth-order valence-electron chi connectivity index (χ4n) is 1.78. The van der Waals surface area contributed by atoms with E-state index in [9.17, 15) is 9.59 Å². The Bertz CT molecular complexity index is 307. The van der Waals surface area contributed by atoms with Crippen LogP contribution in [0.5, 0.6) is 0 Å². The fourth-order valence-corrected chi connectivity index (χ4v) is 1.78. The average Bonchev–Trinajstić information content (AvgIpc) is 2.63. The minimum absolute atomic E-state index is 0.0221. The van der Waals surface area contributed by atoms with E-state index in [1.807, 2.05) is 0 Å². The Balaban J connectivity index is 2.54. The molecule has 0 aromatic rings. The van der Waals surface area contributed by atoms with Crippen molar-refractivity contribution in [3.63, 3.8) is 0 Å². The molecule has 82 valence electrons. The van der Waals surface area contributed by atoms with Crippen molar-refractivity contribution in [2.45, 2.75) is 32.2 Å². The Morgan fingerprint density at radius 1 is 1.40 bits per heavy atom. The van der Waals surface area contributed by atoms with Crippen LogP contribution in [-0.2, 0) is 9.59 Å². The van der Waals surface area contributed by atoms with E-state index in [0.29, 0.717) is 11.1 Å². The highest BCUT2D eigenvalue weighted by atomic mass is 16.2. The quantitative estimate of drug-likeness (QED) is 0.432. The minimum atomic E-state index is -0.207. The Labute approximate surface area is 90.2 Å². The topological polar surface area (TPSA) is 46.2 Å². The first-order valence-corrected chi connectivity index (χ1v) is 5.17. The van der Waals surface area contributed by atoms with Gasteiger partial charge in [0.1, 0.15) is 6.29 Å². The lowest BCUT2D eigenvalue weighted by atomic mass is 10.0. The molecule has 0 aromatic heterocycles. The Kier molecular flexibility index (Phi) is 3.83. The van der Waals surface area contributed by atoms with E-state index < -0.39 is 0 Å². The third-order valence-electron chi connectivity index (χ3n) is 2.85. The van der Waals surface area contributed by atoms with Crippen LogP contribution in [0.15, 0.2) is 24.3 Å². The van der Waals surface area contributed by atoms with Crippen molar-refractivity contribution >= 4 is 12.2 Å². The van der Waals surface area contributed by atoms with E-state index in [1.165, 1.54) is 0 Å². The maximum Gasteiger partial charge on any atom is 0.251 e. The summed E-state index contributed by atoms with van der Waals surface area (Å²) in [5.74, 6) is -0.242. The molecule has 0 heterocycles. The maximum absolute atomic E-state index is 11.6.